The lowest BCUT2D eigenvalue weighted by molar-refractivity contribution is -0.131. The Hall–Kier alpha value is -3.93. The number of ether oxygens (including phenoxy) is 1. The van der Waals surface area contributed by atoms with Crippen molar-refractivity contribution < 1.29 is 13.9 Å². The van der Waals surface area contributed by atoms with Crippen LogP contribution in [0.25, 0.3) is 16.8 Å². The third kappa shape index (κ3) is 4.07. The van der Waals surface area contributed by atoms with Crippen LogP contribution in [0.3, 0.4) is 0 Å². The van der Waals surface area contributed by atoms with Gasteiger partial charge in [0.1, 0.15) is 23.5 Å². The molecular weight excluding hydrogens is 437 g/mol. The molecule has 34 heavy (non-hydrogen) atoms. The number of nitriles is 1. The molecule has 1 saturated carbocycles. The zero-order valence-electron chi connectivity index (χ0n) is 18.8. The number of methoxy groups -OCH3 is 1. The van der Waals surface area contributed by atoms with Gasteiger partial charge in [-0.05, 0) is 60.6 Å². The first-order chi connectivity index (χ1) is 16.5. The highest BCUT2D eigenvalue weighted by molar-refractivity contribution is 5.81. The lowest BCUT2D eigenvalue weighted by Gasteiger charge is -2.16. The summed E-state index contributed by atoms with van der Waals surface area (Å²) in [7, 11) is 1.47. The first kappa shape index (κ1) is 21.9. The number of likely N-dealkylation sites (tertiary alicyclic amines) is 1. The van der Waals surface area contributed by atoms with Crippen LogP contribution in [0, 0.1) is 29.0 Å². The lowest BCUT2D eigenvalue weighted by Crippen LogP contribution is -2.30. The van der Waals surface area contributed by atoms with Crippen molar-refractivity contribution in [2.75, 3.05) is 20.2 Å². The SMILES string of the molecule is COc1cc(-c2ccc(-n3c(C[C@@H]4CCN(C(=O)C5CC5)C4)n[nH]c3=O)c(F)c2)ccc1C#N. The molecule has 9 heteroatoms. The maximum absolute atomic E-state index is 15.2. The minimum atomic E-state index is -0.567. The normalized spacial score (nSPS) is 17.6. The number of aromatic nitrogens is 3. The molecule has 0 bridgehead atoms. The second-order valence-electron chi connectivity index (χ2n) is 8.89. The van der Waals surface area contributed by atoms with E-state index < -0.39 is 11.5 Å². The van der Waals surface area contributed by atoms with Crippen molar-refractivity contribution in [3.63, 3.8) is 0 Å². The van der Waals surface area contributed by atoms with E-state index in [1.54, 1.807) is 30.3 Å². The number of rotatable bonds is 6. The Morgan fingerprint density at radius 2 is 2.00 bits per heavy atom. The molecule has 2 heterocycles. The number of benzene rings is 2. The van der Waals surface area contributed by atoms with Crippen molar-refractivity contribution in [1.82, 2.24) is 19.7 Å². The van der Waals surface area contributed by atoms with E-state index in [2.05, 4.69) is 16.3 Å². The molecule has 0 radical (unpaired) electrons. The van der Waals surface area contributed by atoms with E-state index in [-0.39, 0.29) is 23.4 Å². The highest BCUT2D eigenvalue weighted by Gasteiger charge is 2.37. The van der Waals surface area contributed by atoms with E-state index in [4.69, 9.17) is 10.00 Å². The number of hydrogen-bond acceptors (Lipinski definition) is 5. The second kappa shape index (κ2) is 8.78. The average molecular weight is 461 g/mol. The molecule has 1 amide bonds. The molecule has 1 aliphatic carbocycles. The van der Waals surface area contributed by atoms with Crippen LogP contribution >= 0.6 is 0 Å². The van der Waals surface area contributed by atoms with Gasteiger partial charge in [0.15, 0.2) is 0 Å². The smallest absolute Gasteiger partial charge is 0.348 e. The van der Waals surface area contributed by atoms with Crippen LogP contribution in [0.4, 0.5) is 4.39 Å². The van der Waals surface area contributed by atoms with Crippen molar-refractivity contribution in [3.8, 4) is 28.6 Å². The van der Waals surface area contributed by atoms with Crippen molar-refractivity contribution in [2.45, 2.75) is 25.7 Å². The number of carbonyl (C=O) groups excluding carboxylic acids is 1. The van der Waals surface area contributed by atoms with Gasteiger partial charge in [-0.3, -0.25) is 4.79 Å². The quantitative estimate of drug-likeness (QED) is 0.608. The van der Waals surface area contributed by atoms with Crippen LogP contribution in [0.5, 0.6) is 5.75 Å². The number of H-pyrrole nitrogens is 1. The van der Waals surface area contributed by atoms with E-state index in [0.717, 1.165) is 19.3 Å². The van der Waals surface area contributed by atoms with E-state index in [0.29, 0.717) is 47.8 Å². The van der Waals surface area contributed by atoms with Crippen LogP contribution in [-0.2, 0) is 11.2 Å². The summed E-state index contributed by atoms with van der Waals surface area (Å²) < 4.78 is 21.7. The van der Waals surface area contributed by atoms with Gasteiger partial charge in [-0.25, -0.2) is 18.9 Å². The number of nitrogens with one attached hydrogen (secondary N) is 1. The molecule has 1 saturated heterocycles. The molecule has 2 aliphatic rings. The number of halogens is 1. The van der Waals surface area contributed by atoms with E-state index in [1.807, 2.05) is 4.90 Å². The van der Waals surface area contributed by atoms with Gasteiger partial charge in [0.05, 0.1) is 18.4 Å². The van der Waals surface area contributed by atoms with Crippen LogP contribution in [-0.4, -0.2) is 45.8 Å². The van der Waals surface area contributed by atoms with Gasteiger partial charge in [-0.1, -0.05) is 12.1 Å². The van der Waals surface area contributed by atoms with E-state index in [9.17, 15) is 9.59 Å². The van der Waals surface area contributed by atoms with E-state index in [1.165, 1.54) is 17.7 Å². The molecule has 2 aromatic carbocycles. The first-order valence-corrected chi connectivity index (χ1v) is 11.3. The van der Waals surface area contributed by atoms with Crippen molar-refractivity contribution in [2.24, 2.45) is 11.8 Å². The number of amides is 1. The van der Waals surface area contributed by atoms with Crippen molar-refractivity contribution in [3.05, 3.63) is 64.1 Å². The highest BCUT2D eigenvalue weighted by atomic mass is 19.1. The Kier molecular flexibility index (Phi) is 5.65. The molecule has 0 spiro atoms. The Morgan fingerprint density at radius 3 is 2.71 bits per heavy atom. The molecule has 8 nitrogen and oxygen atoms in total. The van der Waals surface area contributed by atoms with E-state index >= 15 is 4.39 Å². The minimum Gasteiger partial charge on any atom is -0.495 e. The molecule has 174 valence electrons. The molecular formula is C25H24FN5O3. The van der Waals surface area contributed by atoms with Crippen molar-refractivity contribution >= 4 is 5.91 Å². The molecule has 1 N–H and O–H groups in total. The number of hydrogen-bond donors (Lipinski definition) is 1. The molecule has 1 aromatic heterocycles. The topological polar surface area (TPSA) is 104 Å². The summed E-state index contributed by atoms with van der Waals surface area (Å²) in [4.78, 5) is 26.8. The second-order valence-corrected chi connectivity index (χ2v) is 8.89. The summed E-state index contributed by atoms with van der Waals surface area (Å²) in [6.07, 6.45) is 3.26. The zero-order chi connectivity index (χ0) is 23.8. The predicted octanol–water partition coefficient (Wildman–Crippen LogP) is 3.05. The molecule has 2 fully saturated rings. The van der Waals surface area contributed by atoms with Crippen LogP contribution in [0.1, 0.15) is 30.7 Å². The van der Waals surface area contributed by atoms with Gasteiger partial charge in [-0.15, -0.1) is 0 Å². The fourth-order valence-corrected chi connectivity index (χ4v) is 4.59. The Balaban J connectivity index is 1.39. The van der Waals surface area contributed by atoms with Gasteiger partial charge in [-0.2, -0.15) is 10.4 Å². The fraction of sp³-hybridized carbons (Fsp3) is 0.360. The summed E-state index contributed by atoms with van der Waals surface area (Å²) in [5.74, 6) is 0.868. The summed E-state index contributed by atoms with van der Waals surface area (Å²) in [5, 5.41) is 15.7. The maximum atomic E-state index is 15.2. The summed E-state index contributed by atoms with van der Waals surface area (Å²) in [6, 6.07) is 11.7. The summed E-state index contributed by atoms with van der Waals surface area (Å²) in [6.45, 7) is 1.35. The van der Waals surface area contributed by atoms with Gasteiger partial charge in [0, 0.05) is 25.4 Å². The van der Waals surface area contributed by atoms with Crippen LogP contribution in [0.2, 0.25) is 0 Å². The van der Waals surface area contributed by atoms with Crippen molar-refractivity contribution in [1.29, 1.82) is 5.26 Å². The monoisotopic (exact) mass is 461 g/mol. The Morgan fingerprint density at radius 1 is 1.24 bits per heavy atom. The molecule has 0 unspecified atom stereocenters. The molecule has 1 atom stereocenters. The van der Waals surface area contributed by atoms with Gasteiger partial charge < -0.3 is 9.64 Å². The largest absolute Gasteiger partial charge is 0.495 e. The minimum absolute atomic E-state index is 0.113. The summed E-state index contributed by atoms with van der Waals surface area (Å²) >= 11 is 0. The number of carbonyl (C=O) groups is 1. The third-order valence-electron chi connectivity index (χ3n) is 6.58. The van der Waals surface area contributed by atoms with Crippen LogP contribution < -0.4 is 10.4 Å². The fourth-order valence-electron chi connectivity index (χ4n) is 4.59. The van der Waals surface area contributed by atoms with Gasteiger partial charge >= 0.3 is 5.69 Å². The van der Waals surface area contributed by atoms with Crippen LogP contribution in [0.15, 0.2) is 41.2 Å². The molecule has 5 rings (SSSR count). The maximum Gasteiger partial charge on any atom is 0.348 e. The highest BCUT2D eigenvalue weighted by Crippen LogP contribution is 2.33. The number of aromatic amines is 1. The van der Waals surface area contributed by atoms with Gasteiger partial charge in [0.25, 0.3) is 0 Å². The predicted molar refractivity (Wildman–Crippen MR) is 122 cm³/mol. The first-order valence-electron chi connectivity index (χ1n) is 11.3. The average Bonchev–Trinajstić information content (AvgIpc) is 3.50. The summed E-state index contributed by atoms with van der Waals surface area (Å²) in [5.41, 5.74) is 1.27. The third-order valence-corrected chi connectivity index (χ3v) is 6.58. The Bertz CT molecular complexity index is 1350. The van der Waals surface area contributed by atoms with Gasteiger partial charge in [0.2, 0.25) is 5.91 Å². The number of nitrogens with zero attached hydrogens (tertiary/aromatic N) is 4. The zero-order valence-corrected chi connectivity index (χ0v) is 18.8. The Labute approximate surface area is 195 Å². The molecule has 3 aromatic rings. The molecule has 1 aliphatic heterocycles. The lowest BCUT2D eigenvalue weighted by atomic mass is 10.0. The standard InChI is InChI=1S/C25H24FN5O3/c1-34-22-12-18(4-5-19(22)13-27)17-6-7-21(20(26)11-17)31-23(28-29-25(31)33)10-15-8-9-30(14-15)24(32)16-2-3-16/h4-7,11-12,15-16H,2-3,8-10,14H2,1H3,(H,29,33)/t15-/m0/s1.